The molecule has 0 aromatic heterocycles. The molecule has 3 heteroatoms. The molecule has 106 valence electrons. The van der Waals surface area contributed by atoms with Crippen molar-refractivity contribution in [1.82, 2.24) is 5.32 Å². The van der Waals surface area contributed by atoms with Crippen LogP contribution in [0.4, 0.5) is 0 Å². The summed E-state index contributed by atoms with van der Waals surface area (Å²) < 4.78 is 0. The third-order valence-corrected chi connectivity index (χ3v) is 3.69. The largest absolute Gasteiger partial charge is 0.293 e. The predicted molar refractivity (Wildman–Crippen MR) is 79.8 cm³/mol. The average Bonchev–Trinajstić information content (AvgIpc) is 2.47. The fourth-order valence-corrected chi connectivity index (χ4v) is 2.62. The lowest BCUT2D eigenvalue weighted by Gasteiger charge is -2.20. The molecular weight excluding hydrogens is 250 g/mol. The highest BCUT2D eigenvalue weighted by molar-refractivity contribution is 6.02. The molecule has 1 aliphatic rings. The highest BCUT2D eigenvalue weighted by Crippen LogP contribution is 2.25. The van der Waals surface area contributed by atoms with Crippen LogP contribution < -0.4 is 5.32 Å². The molecule has 1 aromatic carbocycles. The molecule has 1 N–H and O–H groups in total. The number of amides is 2. The fraction of sp³-hybridized carbons (Fsp3) is 0.412. The van der Waals surface area contributed by atoms with E-state index in [1.54, 1.807) is 6.08 Å². The number of imide groups is 1. The third-order valence-electron chi connectivity index (χ3n) is 3.69. The maximum atomic E-state index is 11.8. The van der Waals surface area contributed by atoms with Gasteiger partial charge in [0.1, 0.15) is 0 Å². The van der Waals surface area contributed by atoms with Crippen LogP contribution in [-0.4, -0.2) is 11.8 Å². The van der Waals surface area contributed by atoms with E-state index >= 15 is 0 Å². The van der Waals surface area contributed by atoms with Gasteiger partial charge in [0.15, 0.2) is 0 Å². The number of nitrogens with one attached hydrogen (secondary N) is 1. The molecule has 0 radical (unpaired) electrons. The van der Waals surface area contributed by atoms with Crippen LogP contribution in [0.2, 0.25) is 0 Å². The monoisotopic (exact) mass is 271 g/mol. The van der Waals surface area contributed by atoms with Gasteiger partial charge in [-0.05, 0) is 30.4 Å². The smallest absolute Gasteiger partial charge is 0.250 e. The van der Waals surface area contributed by atoms with E-state index < -0.39 is 0 Å². The van der Waals surface area contributed by atoms with Crippen LogP contribution >= 0.6 is 0 Å². The van der Waals surface area contributed by atoms with Crippen molar-refractivity contribution in [3.05, 3.63) is 42.0 Å². The van der Waals surface area contributed by atoms with Crippen LogP contribution in [0, 0.1) is 5.92 Å². The lowest BCUT2D eigenvalue weighted by molar-refractivity contribution is -0.128. The Bertz CT molecular complexity index is 473. The van der Waals surface area contributed by atoms with Crippen LogP contribution in [0.15, 0.2) is 36.4 Å². The summed E-state index contributed by atoms with van der Waals surface area (Å²) in [6.07, 6.45) is 9.52. The van der Waals surface area contributed by atoms with E-state index in [1.165, 1.54) is 25.3 Å². The second-order valence-corrected chi connectivity index (χ2v) is 5.36. The molecule has 3 nitrogen and oxygen atoms in total. The van der Waals surface area contributed by atoms with Gasteiger partial charge in [0, 0.05) is 12.5 Å². The van der Waals surface area contributed by atoms with Gasteiger partial charge >= 0.3 is 0 Å². The van der Waals surface area contributed by atoms with Crippen molar-refractivity contribution in [3.63, 3.8) is 0 Å². The van der Waals surface area contributed by atoms with Crippen LogP contribution in [0.25, 0.3) is 6.08 Å². The van der Waals surface area contributed by atoms with E-state index in [9.17, 15) is 9.59 Å². The van der Waals surface area contributed by atoms with E-state index in [0.29, 0.717) is 12.3 Å². The van der Waals surface area contributed by atoms with Crippen molar-refractivity contribution >= 4 is 17.9 Å². The predicted octanol–water partition coefficient (Wildman–Crippen LogP) is 3.31. The Morgan fingerprint density at radius 2 is 1.80 bits per heavy atom. The van der Waals surface area contributed by atoms with Crippen molar-refractivity contribution < 1.29 is 9.59 Å². The van der Waals surface area contributed by atoms with Gasteiger partial charge in [-0.2, -0.15) is 0 Å². The van der Waals surface area contributed by atoms with Gasteiger partial charge in [0.2, 0.25) is 5.91 Å². The van der Waals surface area contributed by atoms with Crippen LogP contribution in [-0.2, 0) is 9.59 Å². The topological polar surface area (TPSA) is 46.2 Å². The molecule has 1 fully saturated rings. The summed E-state index contributed by atoms with van der Waals surface area (Å²) in [7, 11) is 0. The molecular formula is C17H21NO2. The Kier molecular flexibility index (Phi) is 5.54. The number of benzene rings is 1. The Hall–Kier alpha value is -1.90. The number of carbonyl (C=O) groups is 2. The van der Waals surface area contributed by atoms with Crippen molar-refractivity contribution in [2.75, 3.05) is 0 Å². The summed E-state index contributed by atoms with van der Waals surface area (Å²) in [4.78, 5) is 23.4. The number of carbonyl (C=O) groups excluding carboxylic acids is 2. The first-order valence-electron chi connectivity index (χ1n) is 7.31. The highest BCUT2D eigenvalue weighted by atomic mass is 16.2. The fourth-order valence-electron chi connectivity index (χ4n) is 2.62. The van der Waals surface area contributed by atoms with Crippen molar-refractivity contribution in [3.8, 4) is 0 Å². The van der Waals surface area contributed by atoms with Gasteiger partial charge < -0.3 is 0 Å². The summed E-state index contributed by atoms with van der Waals surface area (Å²) >= 11 is 0. The Morgan fingerprint density at radius 1 is 1.10 bits per heavy atom. The quantitative estimate of drug-likeness (QED) is 0.854. The lowest BCUT2D eigenvalue weighted by Crippen LogP contribution is -2.30. The van der Waals surface area contributed by atoms with Crippen molar-refractivity contribution in [2.24, 2.45) is 5.92 Å². The number of hydrogen-bond acceptors (Lipinski definition) is 2. The van der Waals surface area contributed by atoms with Gasteiger partial charge in [-0.1, -0.05) is 49.6 Å². The molecule has 0 atom stereocenters. The minimum Gasteiger partial charge on any atom is -0.293 e. The van der Waals surface area contributed by atoms with Gasteiger partial charge in [-0.15, -0.1) is 0 Å². The molecule has 20 heavy (non-hydrogen) atoms. The van der Waals surface area contributed by atoms with E-state index in [1.807, 2.05) is 30.3 Å². The van der Waals surface area contributed by atoms with E-state index in [-0.39, 0.29) is 11.8 Å². The van der Waals surface area contributed by atoms with E-state index in [4.69, 9.17) is 0 Å². The molecule has 0 unspecified atom stereocenters. The zero-order valence-electron chi connectivity index (χ0n) is 11.7. The average molecular weight is 271 g/mol. The third kappa shape index (κ3) is 5.00. The minimum atomic E-state index is -0.338. The van der Waals surface area contributed by atoms with Gasteiger partial charge in [0.25, 0.3) is 5.91 Å². The second-order valence-electron chi connectivity index (χ2n) is 5.36. The second kappa shape index (κ2) is 7.63. The standard InChI is InChI=1S/C17H21NO2/c19-16(12-11-14-7-3-1-4-8-14)18-17(20)13-15-9-5-2-6-10-15/h1,3-4,7-8,11-12,15H,2,5-6,9-10,13H2,(H,18,19,20)/b12-11+. The van der Waals surface area contributed by atoms with E-state index in [2.05, 4.69) is 5.32 Å². The number of rotatable bonds is 4. The summed E-state index contributed by atoms with van der Waals surface area (Å²) in [6, 6.07) is 9.56. The molecule has 2 amide bonds. The van der Waals surface area contributed by atoms with Crippen LogP contribution in [0.5, 0.6) is 0 Å². The molecule has 2 rings (SSSR count). The maximum Gasteiger partial charge on any atom is 0.250 e. The first kappa shape index (κ1) is 14.5. The molecule has 0 saturated heterocycles. The zero-order valence-corrected chi connectivity index (χ0v) is 11.7. The zero-order chi connectivity index (χ0) is 14.2. The highest BCUT2D eigenvalue weighted by Gasteiger charge is 2.17. The molecule has 1 aliphatic carbocycles. The molecule has 0 aliphatic heterocycles. The normalized spacial score (nSPS) is 16.2. The summed E-state index contributed by atoms with van der Waals surface area (Å²) in [5, 5.41) is 2.43. The van der Waals surface area contributed by atoms with Gasteiger partial charge in [-0.25, -0.2) is 0 Å². The first-order valence-corrected chi connectivity index (χ1v) is 7.31. The minimum absolute atomic E-state index is 0.153. The Morgan fingerprint density at radius 3 is 2.50 bits per heavy atom. The van der Waals surface area contributed by atoms with Crippen molar-refractivity contribution in [1.29, 1.82) is 0 Å². The van der Waals surface area contributed by atoms with Crippen molar-refractivity contribution in [2.45, 2.75) is 38.5 Å². The summed E-state index contributed by atoms with van der Waals surface area (Å²) in [5.74, 6) is -0.0380. The van der Waals surface area contributed by atoms with E-state index in [0.717, 1.165) is 18.4 Å². The lowest BCUT2D eigenvalue weighted by atomic mass is 9.87. The van der Waals surface area contributed by atoms with Gasteiger partial charge in [0.05, 0.1) is 0 Å². The first-order chi connectivity index (χ1) is 9.74. The van der Waals surface area contributed by atoms with Gasteiger partial charge in [-0.3, -0.25) is 14.9 Å². The summed E-state index contributed by atoms with van der Waals surface area (Å²) in [6.45, 7) is 0. The maximum absolute atomic E-state index is 11.8. The Labute approximate surface area is 120 Å². The van der Waals surface area contributed by atoms with Crippen LogP contribution in [0.3, 0.4) is 0 Å². The summed E-state index contributed by atoms with van der Waals surface area (Å²) in [5.41, 5.74) is 0.947. The molecule has 0 heterocycles. The number of hydrogen-bond donors (Lipinski definition) is 1. The molecule has 1 saturated carbocycles. The molecule has 0 spiro atoms. The van der Waals surface area contributed by atoms with Crippen LogP contribution in [0.1, 0.15) is 44.1 Å². The Balaban J connectivity index is 1.76. The molecule has 0 bridgehead atoms. The SMILES string of the molecule is O=C(/C=C/c1ccccc1)NC(=O)CC1CCCCC1. The molecule has 1 aromatic rings.